The highest BCUT2D eigenvalue weighted by molar-refractivity contribution is 8.00. The van der Waals surface area contributed by atoms with Crippen LogP contribution in [0.2, 0.25) is 0 Å². The Hall–Kier alpha value is -2.42. The lowest BCUT2D eigenvalue weighted by atomic mass is 9.98. The summed E-state index contributed by atoms with van der Waals surface area (Å²) in [5.41, 5.74) is 11.1. The van der Waals surface area contributed by atoms with Crippen LogP contribution in [-0.2, 0) is 22.5 Å². The minimum absolute atomic E-state index is 0.0184. The van der Waals surface area contributed by atoms with Crippen LogP contribution < -0.4 is 17.0 Å². The Kier molecular flexibility index (Phi) is 9.15. The number of nitrogen functional groups attached to an aromatic ring is 2. The number of nitrogens with one attached hydrogen (secondary N) is 1. The number of H-pyrrole nitrogens is 1. The lowest BCUT2D eigenvalue weighted by Crippen LogP contribution is -2.37. The molecule has 17 nitrogen and oxygen atoms in total. The average Bonchev–Trinajstić information content (AvgIpc) is 3.73. The van der Waals surface area contributed by atoms with Crippen molar-refractivity contribution in [1.82, 2.24) is 44.5 Å². The van der Waals surface area contributed by atoms with Gasteiger partial charge in [-0.25, -0.2) is 28.1 Å². The maximum absolute atomic E-state index is 15.7. The van der Waals surface area contributed by atoms with E-state index in [2.05, 4.69) is 48.1 Å². The molecule has 2 saturated heterocycles. The van der Waals surface area contributed by atoms with E-state index in [4.69, 9.17) is 34.0 Å². The lowest BCUT2D eigenvalue weighted by molar-refractivity contribution is -0.132. The van der Waals surface area contributed by atoms with Gasteiger partial charge in [0.1, 0.15) is 24.0 Å². The summed E-state index contributed by atoms with van der Waals surface area (Å²) < 4.78 is 75.8. The van der Waals surface area contributed by atoms with Crippen LogP contribution in [0.15, 0.2) is 17.4 Å². The fourth-order valence-corrected chi connectivity index (χ4v) is 7.65. The van der Waals surface area contributed by atoms with Gasteiger partial charge in [-0.1, -0.05) is 5.21 Å². The Morgan fingerprint density at radius 3 is 2.75 bits per heavy atom. The van der Waals surface area contributed by atoms with Gasteiger partial charge in [0.15, 0.2) is 37.2 Å². The van der Waals surface area contributed by atoms with Crippen LogP contribution in [0.1, 0.15) is 11.6 Å². The molecule has 5 N–H and O–H groups in total. The first kappa shape index (κ1) is 31.6. The first-order valence-electron chi connectivity index (χ1n) is 12.6. The van der Waals surface area contributed by atoms with E-state index in [-0.39, 0.29) is 47.3 Å². The summed E-state index contributed by atoms with van der Waals surface area (Å²) in [7, 11) is 1.28. The second-order valence-corrected chi connectivity index (χ2v) is 12.3. The predicted octanol–water partition coefficient (Wildman–Crippen LogP) is 1.20. The smallest absolute Gasteiger partial charge is 0.301 e. The summed E-state index contributed by atoms with van der Waals surface area (Å²) >= 11 is 4.97. The van der Waals surface area contributed by atoms with Crippen molar-refractivity contribution < 1.29 is 35.7 Å². The number of rotatable bonds is 11. The van der Waals surface area contributed by atoms with E-state index in [0.717, 1.165) is 22.8 Å². The highest BCUT2D eigenvalue weighted by Gasteiger charge is 2.60. The SMILES string of the molecule is Nc1nc2c(ncn2[C@@H]2S[C@H](COPOC[C@@H]3[C@@H](COP)O[C@@H](n4nnc5c(N)ncnc54)C3(F)F)[C@H](F)[C@H]2OS)c(=O)[nH]1. The number of aromatic nitrogens is 9. The van der Waals surface area contributed by atoms with Crippen molar-refractivity contribution >= 4 is 77.3 Å². The van der Waals surface area contributed by atoms with Gasteiger partial charge >= 0.3 is 5.92 Å². The van der Waals surface area contributed by atoms with Gasteiger partial charge in [-0.15, -0.1) is 16.9 Å². The van der Waals surface area contributed by atoms with Crippen molar-refractivity contribution in [1.29, 1.82) is 0 Å². The third-order valence-electron chi connectivity index (χ3n) is 7.09. The average molecular weight is 698 g/mol. The maximum atomic E-state index is 15.7. The molecule has 2 aliphatic heterocycles. The van der Waals surface area contributed by atoms with Gasteiger partial charge in [-0.05, 0) is 12.9 Å². The Morgan fingerprint density at radius 1 is 1.18 bits per heavy atom. The Labute approximate surface area is 258 Å². The second kappa shape index (κ2) is 12.8. The van der Waals surface area contributed by atoms with Gasteiger partial charge in [0.05, 0.1) is 43.4 Å². The topological polar surface area (TPSA) is 218 Å². The van der Waals surface area contributed by atoms with Crippen molar-refractivity contribution in [2.24, 2.45) is 5.92 Å². The van der Waals surface area contributed by atoms with E-state index < -0.39 is 68.3 Å². The number of halogens is 3. The number of hydrogen-bond acceptors (Lipinski definition) is 16. The molecule has 238 valence electrons. The van der Waals surface area contributed by atoms with Crippen molar-refractivity contribution in [3.05, 3.63) is 23.0 Å². The van der Waals surface area contributed by atoms with E-state index in [1.165, 1.54) is 10.9 Å². The molecule has 2 aliphatic rings. The van der Waals surface area contributed by atoms with Gasteiger partial charge in [-0.3, -0.25) is 14.3 Å². The van der Waals surface area contributed by atoms with E-state index in [0.29, 0.717) is 0 Å². The lowest BCUT2D eigenvalue weighted by Gasteiger charge is -2.23. The molecule has 6 rings (SSSR count). The normalized spacial score (nSPS) is 28.7. The standard InChI is InChI=1S/C20H24F3N11O6P2S2/c21-9-8(44-17(12(9)40-43)33-5-28-11-15(33)29-19(25)30-16(11)35)3-38-42-37-1-6-7(2-36-41)39-18(20(6,22)23)34-14-10(31-32-34)13(24)26-4-27-14/h4-9,12,17-18,42-43H,1-3,41H2,(H2,24,26,27)(H3,25,29,30,35)/t6-,7-,8-,9+,12-,17-,18-/m1/s1. The molecule has 4 aromatic rings. The number of aromatic amines is 1. The van der Waals surface area contributed by atoms with Crippen LogP contribution in [0.5, 0.6) is 0 Å². The number of anilines is 2. The molecular formula is C20H24F3N11O6P2S2. The van der Waals surface area contributed by atoms with E-state index in [1.807, 2.05) is 9.47 Å². The summed E-state index contributed by atoms with van der Waals surface area (Å²) in [4.78, 5) is 30.4. The number of thiol groups is 1. The molecule has 6 heterocycles. The fourth-order valence-electron chi connectivity index (χ4n) is 4.99. The van der Waals surface area contributed by atoms with Crippen LogP contribution in [0.4, 0.5) is 24.9 Å². The van der Waals surface area contributed by atoms with Crippen molar-refractivity contribution in [2.45, 2.75) is 41.2 Å². The summed E-state index contributed by atoms with van der Waals surface area (Å²) in [6.07, 6.45) is -3.15. The minimum atomic E-state index is -3.50. The van der Waals surface area contributed by atoms with Gasteiger partial charge in [0.25, 0.3) is 5.56 Å². The maximum Gasteiger partial charge on any atom is 0.301 e. The molecule has 2 fully saturated rings. The molecular weight excluding hydrogens is 673 g/mol. The summed E-state index contributed by atoms with van der Waals surface area (Å²) in [6.45, 7) is -0.820. The van der Waals surface area contributed by atoms with E-state index >= 15 is 13.2 Å². The van der Waals surface area contributed by atoms with Gasteiger partial charge < -0.3 is 34.0 Å². The van der Waals surface area contributed by atoms with E-state index in [1.54, 1.807) is 0 Å². The molecule has 24 heteroatoms. The number of imidazole rings is 1. The number of nitrogens with zero attached hydrogens (tertiary/aromatic N) is 8. The molecule has 0 amide bonds. The van der Waals surface area contributed by atoms with Crippen molar-refractivity contribution in [3.63, 3.8) is 0 Å². The molecule has 4 aromatic heterocycles. The van der Waals surface area contributed by atoms with Crippen LogP contribution in [-0.4, -0.2) is 93.9 Å². The molecule has 9 atom stereocenters. The van der Waals surface area contributed by atoms with Gasteiger partial charge in [-0.2, -0.15) is 9.67 Å². The minimum Gasteiger partial charge on any atom is -0.382 e. The Balaban J connectivity index is 1.08. The number of ether oxygens (including phenoxy) is 1. The number of thioether (sulfide) groups is 1. The summed E-state index contributed by atoms with van der Waals surface area (Å²) in [6, 6.07) is 0. The Bertz CT molecular complexity index is 1700. The molecule has 0 spiro atoms. The number of alkyl halides is 3. The van der Waals surface area contributed by atoms with Crippen LogP contribution in [0.3, 0.4) is 0 Å². The first-order chi connectivity index (χ1) is 21.1. The summed E-state index contributed by atoms with van der Waals surface area (Å²) in [5.74, 6) is -5.12. The zero-order valence-electron chi connectivity index (χ0n) is 22.1. The summed E-state index contributed by atoms with van der Waals surface area (Å²) in [5, 5.41) is 6.09. The van der Waals surface area contributed by atoms with Crippen LogP contribution in [0, 0.1) is 5.92 Å². The highest BCUT2D eigenvalue weighted by atomic mass is 32.2. The fraction of sp³-hybridized carbons (Fsp3) is 0.550. The van der Waals surface area contributed by atoms with Gasteiger partial charge in [0.2, 0.25) is 12.2 Å². The molecule has 0 aromatic carbocycles. The highest BCUT2D eigenvalue weighted by Crippen LogP contribution is 2.49. The molecule has 0 aliphatic carbocycles. The van der Waals surface area contributed by atoms with Gasteiger partial charge in [0, 0.05) is 9.47 Å². The third-order valence-corrected chi connectivity index (χ3v) is 9.61. The largest absolute Gasteiger partial charge is 0.382 e. The van der Waals surface area contributed by atoms with Crippen molar-refractivity contribution in [3.8, 4) is 0 Å². The zero-order valence-corrected chi connectivity index (χ0v) is 25.9. The third kappa shape index (κ3) is 5.60. The van der Waals surface area contributed by atoms with Crippen LogP contribution in [0.25, 0.3) is 22.3 Å². The quantitative estimate of drug-likeness (QED) is 0.0749. The number of fused-ring (bicyclic) bond motifs is 2. The first-order valence-corrected chi connectivity index (χ1v) is 15.2. The molecule has 2 unspecified atom stereocenters. The Morgan fingerprint density at radius 2 is 1.98 bits per heavy atom. The second-order valence-electron chi connectivity index (χ2n) is 9.67. The monoisotopic (exact) mass is 697 g/mol. The number of nitrogens with two attached hydrogens (primary N) is 2. The van der Waals surface area contributed by atoms with Crippen LogP contribution >= 0.6 is 43.2 Å². The molecule has 0 saturated carbocycles. The number of hydrogen-bond donors (Lipinski definition) is 4. The molecule has 0 radical (unpaired) electrons. The predicted molar refractivity (Wildman–Crippen MR) is 157 cm³/mol. The van der Waals surface area contributed by atoms with E-state index in [9.17, 15) is 4.79 Å². The zero-order chi connectivity index (χ0) is 31.2. The molecule has 0 bridgehead atoms. The van der Waals surface area contributed by atoms with Crippen molar-refractivity contribution in [2.75, 3.05) is 31.3 Å². The molecule has 44 heavy (non-hydrogen) atoms.